The normalized spacial score (nSPS) is 14.5. The Hall–Kier alpha value is -3.56. The lowest BCUT2D eigenvalue weighted by Gasteiger charge is -2.23. The Morgan fingerprint density at radius 3 is 2.03 bits per heavy atom. The first-order chi connectivity index (χ1) is 16.1. The fourth-order valence-corrected chi connectivity index (χ4v) is 4.01. The number of alkyl carbamates (subject to hydrolysis) is 1. The van der Waals surface area contributed by atoms with Crippen LogP contribution in [0.15, 0.2) is 48.5 Å². The first kappa shape index (κ1) is 25.1. The number of aliphatic carboxylic acids is 1. The number of benzene rings is 2. The summed E-state index contributed by atoms with van der Waals surface area (Å²) in [5, 5.41) is 12.8. The van der Waals surface area contributed by atoms with E-state index in [-0.39, 0.29) is 18.9 Å². The maximum Gasteiger partial charge on any atom is 0.409 e. The topological polar surface area (TPSA) is 105 Å². The van der Waals surface area contributed by atoms with Crippen LogP contribution in [0.2, 0.25) is 0 Å². The SMILES string of the molecule is CC[C@@H](CC(=O)O)NC(=O)CC(NC(=O)OCC1c2ccccc2-c2ccccc21)C(F)(F)F. The number of carboxylic acids is 1. The molecule has 0 saturated carbocycles. The van der Waals surface area contributed by atoms with Gasteiger partial charge in [0.2, 0.25) is 5.91 Å². The van der Waals surface area contributed by atoms with Gasteiger partial charge in [0, 0.05) is 12.0 Å². The Kier molecular flexibility index (Phi) is 7.80. The van der Waals surface area contributed by atoms with Crippen molar-refractivity contribution in [3.05, 3.63) is 59.7 Å². The number of alkyl halides is 3. The molecule has 1 aliphatic carbocycles. The molecular formula is C24H25F3N2O5. The van der Waals surface area contributed by atoms with Crippen LogP contribution in [0.4, 0.5) is 18.0 Å². The summed E-state index contributed by atoms with van der Waals surface area (Å²) >= 11 is 0. The number of carbonyl (C=O) groups is 3. The molecule has 1 aliphatic rings. The molecule has 2 aromatic rings. The van der Waals surface area contributed by atoms with Gasteiger partial charge in [-0.05, 0) is 28.7 Å². The van der Waals surface area contributed by atoms with Gasteiger partial charge in [-0.15, -0.1) is 0 Å². The van der Waals surface area contributed by atoms with E-state index in [0.717, 1.165) is 22.3 Å². The average Bonchev–Trinajstić information content (AvgIpc) is 3.09. The number of hydrogen-bond donors (Lipinski definition) is 3. The highest BCUT2D eigenvalue weighted by molar-refractivity contribution is 5.80. The summed E-state index contributed by atoms with van der Waals surface area (Å²) in [6, 6.07) is 11.8. The minimum absolute atomic E-state index is 0.173. The van der Waals surface area contributed by atoms with Gasteiger partial charge in [0.05, 0.1) is 12.8 Å². The van der Waals surface area contributed by atoms with Crippen molar-refractivity contribution in [1.82, 2.24) is 10.6 Å². The van der Waals surface area contributed by atoms with Gasteiger partial charge in [-0.1, -0.05) is 55.5 Å². The Morgan fingerprint density at radius 2 is 1.53 bits per heavy atom. The summed E-state index contributed by atoms with van der Waals surface area (Å²) in [5.74, 6) is -2.53. The second kappa shape index (κ2) is 10.6. The fraction of sp³-hybridized carbons (Fsp3) is 0.375. The summed E-state index contributed by atoms with van der Waals surface area (Å²) < 4.78 is 45.5. The van der Waals surface area contributed by atoms with Gasteiger partial charge in [-0.25, -0.2) is 4.79 Å². The van der Waals surface area contributed by atoms with Crippen molar-refractivity contribution in [3.63, 3.8) is 0 Å². The Labute approximate surface area is 194 Å². The van der Waals surface area contributed by atoms with E-state index in [1.54, 1.807) is 12.2 Å². The van der Waals surface area contributed by atoms with Crippen LogP contribution in [0, 0.1) is 0 Å². The lowest BCUT2D eigenvalue weighted by molar-refractivity contribution is -0.160. The number of carboxylic acid groups (broad SMARTS) is 1. The maximum absolute atomic E-state index is 13.5. The molecule has 0 aromatic heterocycles. The third kappa shape index (κ3) is 6.06. The maximum atomic E-state index is 13.5. The molecular weight excluding hydrogens is 453 g/mol. The van der Waals surface area contributed by atoms with Crippen LogP contribution < -0.4 is 10.6 Å². The Bertz CT molecular complexity index is 1010. The molecule has 0 heterocycles. The highest BCUT2D eigenvalue weighted by atomic mass is 19.4. The smallest absolute Gasteiger partial charge is 0.409 e. The average molecular weight is 478 g/mol. The monoisotopic (exact) mass is 478 g/mol. The molecule has 0 bridgehead atoms. The van der Waals surface area contributed by atoms with Gasteiger partial charge in [-0.3, -0.25) is 9.59 Å². The number of rotatable bonds is 9. The van der Waals surface area contributed by atoms with Crippen molar-refractivity contribution in [1.29, 1.82) is 0 Å². The number of amides is 2. The number of halogens is 3. The largest absolute Gasteiger partial charge is 0.481 e. The van der Waals surface area contributed by atoms with E-state index in [2.05, 4.69) is 5.32 Å². The van der Waals surface area contributed by atoms with Gasteiger partial charge < -0.3 is 20.5 Å². The molecule has 0 spiro atoms. The fourth-order valence-electron chi connectivity index (χ4n) is 4.01. The molecule has 34 heavy (non-hydrogen) atoms. The number of nitrogens with one attached hydrogen (secondary N) is 2. The van der Waals surface area contributed by atoms with Crippen molar-refractivity contribution < 1.29 is 37.4 Å². The van der Waals surface area contributed by atoms with E-state index in [9.17, 15) is 27.6 Å². The van der Waals surface area contributed by atoms with Gasteiger partial charge in [0.25, 0.3) is 0 Å². The molecule has 0 radical (unpaired) electrons. The minimum Gasteiger partial charge on any atom is -0.481 e. The van der Waals surface area contributed by atoms with Crippen molar-refractivity contribution in [2.24, 2.45) is 0 Å². The highest BCUT2D eigenvalue weighted by Crippen LogP contribution is 2.44. The summed E-state index contributed by atoms with van der Waals surface area (Å²) in [5.41, 5.74) is 3.77. The van der Waals surface area contributed by atoms with Crippen molar-refractivity contribution in [2.45, 2.75) is 50.4 Å². The van der Waals surface area contributed by atoms with E-state index in [4.69, 9.17) is 9.84 Å². The predicted molar refractivity (Wildman–Crippen MR) is 117 cm³/mol. The van der Waals surface area contributed by atoms with Crippen molar-refractivity contribution >= 4 is 18.0 Å². The molecule has 182 valence electrons. The van der Waals surface area contributed by atoms with E-state index >= 15 is 0 Å². The molecule has 0 aliphatic heterocycles. The van der Waals surface area contributed by atoms with Crippen LogP contribution in [0.3, 0.4) is 0 Å². The second-order valence-electron chi connectivity index (χ2n) is 8.04. The molecule has 7 nitrogen and oxygen atoms in total. The molecule has 2 atom stereocenters. The molecule has 2 aromatic carbocycles. The zero-order valence-electron chi connectivity index (χ0n) is 18.4. The standard InChI is InChI=1S/C24H25F3N2O5/c1-2-14(11-22(31)32)28-21(30)12-20(24(25,26)27)29-23(33)34-13-19-17-9-5-3-7-15(17)16-8-4-6-10-18(16)19/h3-10,14,19-20H,2,11-13H2,1H3,(H,28,30)(H,29,33)(H,31,32)/t14-,20?/m0/s1. The summed E-state index contributed by atoms with van der Waals surface area (Å²) in [7, 11) is 0. The molecule has 3 N–H and O–H groups in total. The molecule has 1 unspecified atom stereocenters. The number of hydrogen-bond acceptors (Lipinski definition) is 4. The van der Waals surface area contributed by atoms with Gasteiger partial charge >= 0.3 is 18.2 Å². The summed E-state index contributed by atoms with van der Waals surface area (Å²) in [6.45, 7) is 1.43. The molecule has 3 rings (SSSR count). The van der Waals surface area contributed by atoms with Crippen LogP contribution in [0.1, 0.15) is 43.2 Å². The highest BCUT2D eigenvalue weighted by Gasteiger charge is 2.42. The number of fused-ring (bicyclic) bond motifs is 3. The lowest BCUT2D eigenvalue weighted by atomic mass is 9.98. The summed E-state index contributed by atoms with van der Waals surface area (Å²) in [6.07, 6.45) is -7.48. The minimum atomic E-state index is -4.91. The molecule has 2 amide bonds. The van der Waals surface area contributed by atoms with Gasteiger partial charge in [0.1, 0.15) is 12.6 Å². The zero-order chi connectivity index (χ0) is 24.9. The third-order valence-corrected chi connectivity index (χ3v) is 5.70. The first-order valence-corrected chi connectivity index (χ1v) is 10.8. The first-order valence-electron chi connectivity index (χ1n) is 10.8. The second-order valence-corrected chi connectivity index (χ2v) is 8.04. The number of carbonyl (C=O) groups excluding carboxylic acids is 2. The third-order valence-electron chi connectivity index (χ3n) is 5.70. The van der Waals surface area contributed by atoms with Gasteiger partial charge in [-0.2, -0.15) is 13.2 Å². The zero-order valence-corrected chi connectivity index (χ0v) is 18.4. The van der Waals surface area contributed by atoms with Crippen LogP contribution in [-0.2, 0) is 14.3 Å². The van der Waals surface area contributed by atoms with Crippen LogP contribution in [0.5, 0.6) is 0 Å². The Balaban J connectivity index is 1.63. The van der Waals surface area contributed by atoms with E-state index in [0.29, 0.717) is 0 Å². The molecule has 0 fully saturated rings. The van der Waals surface area contributed by atoms with E-state index in [1.807, 2.05) is 48.5 Å². The van der Waals surface area contributed by atoms with Crippen molar-refractivity contribution in [2.75, 3.05) is 6.61 Å². The molecule has 0 saturated heterocycles. The Morgan fingerprint density at radius 1 is 0.971 bits per heavy atom. The van der Waals surface area contributed by atoms with E-state index in [1.165, 1.54) is 0 Å². The molecule has 10 heteroatoms. The van der Waals surface area contributed by atoms with Crippen LogP contribution in [0.25, 0.3) is 11.1 Å². The summed E-state index contributed by atoms with van der Waals surface area (Å²) in [4.78, 5) is 35.1. The van der Waals surface area contributed by atoms with Crippen LogP contribution >= 0.6 is 0 Å². The number of ether oxygens (including phenoxy) is 1. The van der Waals surface area contributed by atoms with Crippen molar-refractivity contribution in [3.8, 4) is 11.1 Å². The van der Waals surface area contributed by atoms with E-state index < -0.39 is 49.1 Å². The van der Waals surface area contributed by atoms with Gasteiger partial charge in [0.15, 0.2) is 0 Å². The lowest BCUT2D eigenvalue weighted by Crippen LogP contribution is -2.49. The predicted octanol–water partition coefficient (Wildman–Crippen LogP) is 4.22. The van der Waals surface area contributed by atoms with Crippen LogP contribution in [-0.4, -0.2) is 47.9 Å². The quantitative estimate of drug-likeness (QED) is 0.501.